The monoisotopic (exact) mass is 585 g/mol. The lowest BCUT2D eigenvalue weighted by atomic mass is 10.0. The minimum Gasteiger partial charge on any atom is -0.497 e. The first-order valence-corrected chi connectivity index (χ1v) is 15.1. The van der Waals surface area contributed by atoms with Crippen LogP contribution in [0.25, 0.3) is 0 Å². The fourth-order valence-electron chi connectivity index (χ4n) is 4.35. The van der Waals surface area contributed by atoms with Crippen LogP contribution < -0.4 is 14.4 Å². The topological polar surface area (TPSA) is 96.0 Å². The SMILES string of the molecule is COc1cccc(CN(C(=O)CN(c2cc(Cl)ccc2C)S(C)(=O)=O)[C@H](Cc2ccccc2)C(=O)NC(C)C)c1. The summed E-state index contributed by atoms with van der Waals surface area (Å²) in [6.07, 6.45) is 1.28. The van der Waals surface area contributed by atoms with Crippen molar-refractivity contribution in [2.24, 2.45) is 0 Å². The average Bonchev–Trinajstić information content (AvgIpc) is 2.90. The number of benzene rings is 3. The maximum absolute atomic E-state index is 14.1. The van der Waals surface area contributed by atoms with E-state index < -0.39 is 28.5 Å². The van der Waals surface area contributed by atoms with Crippen molar-refractivity contribution in [1.82, 2.24) is 10.2 Å². The first-order valence-electron chi connectivity index (χ1n) is 12.9. The highest BCUT2D eigenvalue weighted by atomic mass is 35.5. The Morgan fingerprint density at radius 2 is 1.65 bits per heavy atom. The lowest BCUT2D eigenvalue weighted by Crippen LogP contribution is -2.54. The van der Waals surface area contributed by atoms with E-state index in [0.717, 1.165) is 21.7 Å². The summed E-state index contributed by atoms with van der Waals surface area (Å²) < 4.78 is 32.3. The summed E-state index contributed by atoms with van der Waals surface area (Å²) in [6.45, 7) is 4.99. The van der Waals surface area contributed by atoms with Gasteiger partial charge in [0.05, 0.1) is 19.1 Å². The van der Waals surface area contributed by atoms with Gasteiger partial charge in [0.2, 0.25) is 21.8 Å². The third-order valence-electron chi connectivity index (χ3n) is 6.31. The van der Waals surface area contributed by atoms with E-state index in [1.807, 2.05) is 50.2 Å². The predicted molar refractivity (Wildman–Crippen MR) is 159 cm³/mol. The van der Waals surface area contributed by atoms with Crippen LogP contribution in [0.4, 0.5) is 5.69 Å². The summed E-state index contributed by atoms with van der Waals surface area (Å²) in [5.74, 6) is -0.268. The Balaban J connectivity index is 2.09. The van der Waals surface area contributed by atoms with Crippen LogP contribution in [0.1, 0.15) is 30.5 Å². The number of carbonyl (C=O) groups is 2. The number of anilines is 1. The van der Waals surface area contributed by atoms with Gasteiger partial charge >= 0.3 is 0 Å². The highest BCUT2D eigenvalue weighted by Gasteiger charge is 2.33. The number of ether oxygens (including phenoxy) is 1. The standard InChI is InChI=1S/C30H36ClN3O5S/c1-21(2)32-30(36)28(17-23-10-7-6-8-11-23)33(19-24-12-9-13-26(16-24)39-4)29(35)20-34(40(5,37)38)27-18-25(31)15-14-22(27)3/h6-16,18,21,28H,17,19-20H2,1-5H3,(H,32,36)/t28-/m1/s1. The molecule has 0 saturated carbocycles. The Morgan fingerprint density at radius 1 is 0.975 bits per heavy atom. The number of aryl methyl sites for hydroxylation is 1. The van der Waals surface area contributed by atoms with Crippen LogP contribution in [-0.4, -0.2) is 57.1 Å². The van der Waals surface area contributed by atoms with Crippen molar-refractivity contribution in [2.75, 3.05) is 24.2 Å². The predicted octanol–water partition coefficient (Wildman–Crippen LogP) is 4.59. The summed E-state index contributed by atoms with van der Waals surface area (Å²) in [6, 6.07) is 20.4. The number of methoxy groups -OCH3 is 1. The van der Waals surface area contributed by atoms with E-state index in [9.17, 15) is 18.0 Å². The smallest absolute Gasteiger partial charge is 0.244 e. The van der Waals surface area contributed by atoms with Crippen molar-refractivity contribution < 1.29 is 22.7 Å². The molecule has 0 radical (unpaired) electrons. The molecule has 214 valence electrons. The van der Waals surface area contributed by atoms with Crippen molar-refractivity contribution >= 4 is 39.1 Å². The molecular weight excluding hydrogens is 550 g/mol. The number of sulfonamides is 1. The molecule has 0 unspecified atom stereocenters. The summed E-state index contributed by atoms with van der Waals surface area (Å²) in [4.78, 5) is 29.2. The summed E-state index contributed by atoms with van der Waals surface area (Å²) >= 11 is 6.20. The van der Waals surface area contributed by atoms with Crippen molar-refractivity contribution in [2.45, 2.75) is 45.8 Å². The third-order valence-corrected chi connectivity index (χ3v) is 7.67. The molecule has 0 aliphatic rings. The quantitative estimate of drug-likeness (QED) is 0.335. The molecule has 3 rings (SSSR count). The second kappa shape index (κ2) is 13.7. The molecule has 0 fully saturated rings. The van der Waals surface area contributed by atoms with Crippen LogP contribution in [0, 0.1) is 6.92 Å². The molecule has 10 heteroatoms. The Bertz CT molecular complexity index is 1430. The molecule has 0 spiro atoms. The zero-order valence-corrected chi connectivity index (χ0v) is 25.0. The lowest BCUT2D eigenvalue weighted by molar-refractivity contribution is -0.140. The molecule has 1 N–H and O–H groups in total. The van der Waals surface area contributed by atoms with Gasteiger partial charge in [0.15, 0.2) is 0 Å². The van der Waals surface area contributed by atoms with Gasteiger partial charge in [-0.3, -0.25) is 13.9 Å². The van der Waals surface area contributed by atoms with Gasteiger partial charge in [-0.1, -0.05) is 60.1 Å². The molecule has 3 aromatic carbocycles. The van der Waals surface area contributed by atoms with E-state index >= 15 is 0 Å². The van der Waals surface area contributed by atoms with E-state index in [1.54, 1.807) is 44.4 Å². The van der Waals surface area contributed by atoms with Gasteiger partial charge in [0.25, 0.3) is 0 Å². The Labute approximate surface area is 241 Å². The molecule has 0 aromatic heterocycles. The maximum Gasteiger partial charge on any atom is 0.244 e. The summed E-state index contributed by atoms with van der Waals surface area (Å²) in [7, 11) is -2.34. The zero-order chi connectivity index (χ0) is 29.4. The van der Waals surface area contributed by atoms with Crippen LogP contribution in [-0.2, 0) is 32.6 Å². The van der Waals surface area contributed by atoms with E-state index in [2.05, 4.69) is 5.32 Å². The molecule has 8 nitrogen and oxygen atoms in total. The molecule has 0 aliphatic carbocycles. The van der Waals surface area contributed by atoms with E-state index in [0.29, 0.717) is 22.0 Å². The van der Waals surface area contributed by atoms with Gasteiger partial charge in [-0.25, -0.2) is 8.42 Å². The Morgan fingerprint density at radius 3 is 2.27 bits per heavy atom. The summed E-state index contributed by atoms with van der Waals surface area (Å²) in [5.41, 5.74) is 2.53. The van der Waals surface area contributed by atoms with E-state index in [-0.39, 0.29) is 24.9 Å². The highest BCUT2D eigenvalue weighted by molar-refractivity contribution is 7.92. The Kier molecular flexibility index (Phi) is 10.6. The second-order valence-corrected chi connectivity index (χ2v) is 12.3. The largest absolute Gasteiger partial charge is 0.497 e. The number of hydrogen-bond acceptors (Lipinski definition) is 5. The minimum atomic E-state index is -3.89. The number of amides is 2. The van der Waals surface area contributed by atoms with Crippen molar-refractivity contribution in [3.63, 3.8) is 0 Å². The fraction of sp³-hybridized carbons (Fsp3) is 0.333. The molecule has 40 heavy (non-hydrogen) atoms. The number of hydrogen-bond donors (Lipinski definition) is 1. The molecular formula is C30H36ClN3O5S. The van der Waals surface area contributed by atoms with Gasteiger partial charge in [-0.2, -0.15) is 0 Å². The van der Waals surface area contributed by atoms with Gasteiger partial charge in [-0.15, -0.1) is 0 Å². The number of carbonyl (C=O) groups excluding carboxylic acids is 2. The molecule has 1 atom stereocenters. The number of nitrogens with one attached hydrogen (secondary N) is 1. The fourth-order valence-corrected chi connectivity index (χ4v) is 5.41. The number of rotatable bonds is 12. The lowest BCUT2D eigenvalue weighted by Gasteiger charge is -2.34. The normalized spacial score (nSPS) is 12.1. The Hall–Kier alpha value is -3.56. The van der Waals surface area contributed by atoms with Gasteiger partial charge in [0, 0.05) is 24.0 Å². The number of nitrogens with zero attached hydrogens (tertiary/aromatic N) is 2. The van der Waals surface area contributed by atoms with Crippen LogP contribution in [0.5, 0.6) is 5.75 Å². The van der Waals surface area contributed by atoms with Crippen LogP contribution >= 0.6 is 11.6 Å². The van der Waals surface area contributed by atoms with Crippen LogP contribution in [0.15, 0.2) is 72.8 Å². The number of halogens is 1. The van der Waals surface area contributed by atoms with Gasteiger partial charge in [-0.05, 0) is 61.7 Å². The van der Waals surface area contributed by atoms with E-state index in [4.69, 9.17) is 16.3 Å². The highest BCUT2D eigenvalue weighted by Crippen LogP contribution is 2.27. The second-order valence-electron chi connectivity index (χ2n) is 9.94. The molecule has 2 amide bonds. The maximum atomic E-state index is 14.1. The van der Waals surface area contributed by atoms with Crippen LogP contribution in [0.2, 0.25) is 5.02 Å². The third kappa shape index (κ3) is 8.47. The average molecular weight is 586 g/mol. The van der Waals surface area contributed by atoms with Crippen molar-refractivity contribution in [3.8, 4) is 5.75 Å². The summed E-state index contributed by atoms with van der Waals surface area (Å²) in [5, 5.41) is 3.27. The molecule has 3 aromatic rings. The van der Waals surface area contributed by atoms with E-state index in [1.165, 1.54) is 11.0 Å². The zero-order valence-electron chi connectivity index (χ0n) is 23.4. The van der Waals surface area contributed by atoms with Gasteiger partial charge in [0.1, 0.15) is 18.3 Å². The first-order chi connectivity index (χ1) is 18.9. The first kappa shape index (κ1) is 31.0. The molecule has 0 saturated heterocycles. The molecule has 0 aliphatic heterocycles. The molecule has 0 heterocycles. The van der Waals surface area contributed by atoms with Crippen LogP contribution in [0.3, 0.4) is 0 Å². The minimum absolute atomic E-state index is 0.0607. The van der Waals surface area contributed by atoms with Crippen molar-refractivity contribution in [3.05, 3.63) is 94.5 Å². The molecule has 0 bridgehead atoms. The van der Waals surface area contributed by atoms with Crippen molar-refractivity contribution in [1.29, 1.82) is 0 Å². The van der Waals surface area contributed by atoms with Gasteiger partial charge < -0.3 is 15.0 Å².